The molecule has 2 amide bonds. The molecule has 0 aliphatic heterocycles. The molecule has 0 heterocycles. The molecule has 0 bridgehead atoms. The molecule has 0 spiro atoms. The molecule has 0 saturated heterocycles. The van der Waals surface area contributed by atoms with Crippen molar-refractivity contribution >= 4 is 17.7 Å². The zero-order valence-corrected chi connectivity index (χ0v) is 13.7. The second-order valence-electron chi connectivity index (χ2n) is 6.09. The van der Waals surface area contributed by atoms with Crippen molar-refractivity contribution < 1.29 is 19.4 Å². The summed E-state index contributed by atoms with van der Waals surface area (Å²) in [5, 5.41) is 14.3. The van der Waals surface area contributed by atoms with Crippen LogP contribution < -0.4 is 15.4 Å². The first-order valence-electron chi connectivity index (χ1n) is 8.20. The Hall–Kier alpha value is -3.02. The minimum Gasteiger partial charge on any atom is -0.493 e. The van der Waals surface area contributed by atoms with Crippen molar-refractivity contribution in [2.75, 3.05) is 11.9 Å². The third-order valence-corrected chi connectivity index (χ3v) is 3.95. The molecule has 0 atom stereocenters. The quantitative estimate of drug-likeness (QED) is 0.720. The highest BCUT2D eigenvalue weighted by Gasteiger charge is 2.21. The normalized spacial score (nSPS) is 13.1. The van der Waals surface area contributed by atoms with E-state index in [0.717, 1.165) is 17.9 Å². The number of aromatic carboxylic acids is 1. The molecule has 3 rings (SSSR count). The molecule has 0 unspecified atom stereocenters. The van der Waals surface area contributed by atoms with Gasteiger partial charge in [0.05, 0.1) is 12.2 Å². The number of benzene rings is 2. The van der Waals surface area contributed by atoms with Gasteiger partial charge in [-0.2, -0.15) is 0 Å². The van der Waals surface area contributed by atoms with Gasteiger partial charge in [0.25, 0.3) is 0 Å². The Balaban J connectivity index is 1.44. The highest BCUT2D eigenvalue weighted by molar-refractivity contribution is 5.89. The van der Waals surface area contributed by atoms with E-state index in [-0.39, 0.29) is 11.6 Å². The lowest BCUT2D eigenvalue weighted by Crippen LogP contribution is -2.28. The summed E-state index contributed by atoms with van der Waals surface area (Å²) in [4.78, 5) is 22.7. The molecular formula is C19H20N2O4. The smallest absolute Gasteiger partial charge is 0.335 e. The first kappa shape index (κ1) is 16.8. The number of carbonyl (C=O) groups excluding carboxylic acids is 1. The lowest BCUT2D eigenvalue weighted by atomic mass is 10.1. The largest absolute Gasteiger partial charge is 0.493 e. The van der Waals surface area contributed by atoms with Crippen LogP contribution in [0.2, 0.25) is 0 Å². The van der Waals surface area contributed by atoms with Crippen LogP contribution in [-0.2, 0) is 6.54 Å². The Kier molecular flexibility index (Phi) is 5.18. The molecule has 25 heavy (non-hydrogen) atoms. The molecule has 1 fully saturated rings. The SMILES string of the molecule is O=C(NCc1ccc(C(=O)O)cc1)Nc1ccc(OCC2CC2)cc1. The first-order valence-corrected chi connectivity index (χ1v) is 8.20. The molecule has 0 aromatic heterocycles. The van der Waals surface area contributed by atoms with Crippen molar-refractivity contribution in [1.29, 1.82) is 0 Å². The number of carboxylic acids is 1. The maximum absolute atomic E-state index is 11.9. The number of ether oxygens (including phenoxy) is 1. The molecule has 1 aliphatic rings. The fraction of sp³-hybridized carbons (Fsp3) is 0.263. The molecule has 2 aromatic rings. The van der Waals surface area contributed by atoms with Crippen LogP contribution >= 0.6 is 0 Å². The van der Waals surface area contributed by atoms with Gasteiger partial charge in [-0.3, -0.25) is 0 Å². The van der Waals surface area contributed by atoms with Gasteiger partial charge >= 0.3 is 12.0 Å². The summed E-state index contributed by atoms with van der Waals surface area (Å²) in [7, 11) is 0. The molecule has 6 nitrogen and oxygen atoms in total. The van der Waals surface area contributed by atoms with Crippen LogP contribution in [0.4, 0.5) is 10.5 Å². The summed E-state index contributed by atoms with van der Waals surface area (Å²) >= 11 is 0. The molecule has 0 radical (unpaired) electrons. The van der Waals surface area contributed by atoms with E-state index in [4.69, 9.17) is 9.84 Å². The zero-order chi connectivity index (χ0) is 17.6. The Bertz CT molecular complexity index is 737. The van der Waals surface area contributed by atoms with Gasteiger partial charge in [-0.05, 0) is 60.7 Å². The van der Waals surface area contributed by atoms with Crippen molar-refractivity contribution in [3.05, 3.63) is 59.7 Å². The van der Waals surface area contributed by atoms with Gasteiger partial charge < -0.3 is 20.5 Å². The number of nitrogens with one attached hydrogen (secondary N) is 2. The van der Waals surface area contributed by atoms with Crippen molar-refractivity contribution in [2.45, 2.75) is 19.4 Å². The van der Waals surface area contributed by atoms with Crippen LogP contribution in [-0.4, -0.2) is 23.7 Å². The zero-order valence-electron chi connectivity index (χ0n) is 13.7. The van der Waals surface area contributed by atoms with Crippen LogP contribution in [0.3, 0.4) is 0 Å². The Morgan fingerprint density at radius 2 is 1.72 bits per heavy atom. The lowest BCUT2D eigenvalue weighted by molar-refractivity contribution is 0.0697. The number of rotatable bonds is 7. The second-order valence-corrected chi connectivity index (χ2v) is 6.09. The van der Waals surface area contributed by atoms with E-state index < -0.39 is 5.97 Å². The maximum atomic E-state index is 11.9. The number of anilines is 1. The third-order valence-electron chi connectivity index (χ3n) is 3.95. The molecule has 2 aromatic carbocycles. The molecule has 130 valence electrons. The predicted molar refractivity (Wildman–Crippen MR) is 93.9 cm³/mol. The number of urea groups is 1. The second kappa shape index (κ2) is 7.70. The maximum Gasteiger partial charge on any atom is 0.335 e. The number of hydrogen-bond acceptors (Lipinski definition) is 3. The van der Waals surface area contributed by atoms with Crippen molar-refractivity contribution in [3.63, 3.8) is 0 Å². The van der Waals surface area contributed by atoms with Gasteiger partial charge in [0.2, 0.25) is 0 Å². The van der Waals surface area contributed by atoms with Crippen LogP contribution in [0, 0.1) is 5.92 Å². The lowest BCUT2D eigenvalue weighted by Gasteiger charge is -2.09. The van der Waals surface area contributed by atoms with Gasteiger partial charge in [0, 0.05) is 12.2 Å². The standard InChI is InChI=1S/C19H20N2O4/c22-18(23)15-5-3-13(4-6-15)11-20-19(24)21-16-7-9-17(10-8-16)25-12-14-1-2-14/h3-10,14H,1-2,11-12H2,(H,22,23)(H2,20,21,24). The highest BCUT2D eigenvalue weighted by atomic mass is 16.5. The summed E-state index contributed by atoms with van der Waals surface area (Å²) in [6.07, 6.45) is 2.50. The topological polar surface area (TPSA) is 87.7 Å². The summed E-state index contributed by atoms with van der Waals surface area (Å²) < 4.78 is 5.65. The summed E-state index contributed by atoms with van der Waals surface area (Å²) in [5.74, 6) is 0.534. The fourth-order valence-corrected chi connectivity index (χ4v) is 2.26. The fourth-order valence-electron chi connectivity index (χ4n) is 2.26. The van der Waals surface area contributed by atoms with Gasteiger partial charge in [0.1, 0.15) is 5.75 Å². The average molecular weight is 340 g/mol. The summed E-state index contributed by atoms with van der Waals surface area (Å²) in [5.41, 5.74) is 1.72. The molecule has 3 N–H and O–H groups in total. The highest BCUT2D eigenvalue weighted by Crippen LogP contribution is 2.29. The minimum atomic E-state index is -0.971. The van der Waals surface area contributed by atoms with Gasteiger partial charge in [0.15, 0.2) is 0 Å². The number of carboxylic acid groups (broad SMARTS) is 1. The summed E-state index contributed by atoms with van der Waals surface area (Å²) in [6.45, 7) is 1.07. The van der Waals surface area contributed by atoms with Crippen LogP contribution in [0.25, 0.3) is 0 Å². The van der Waals surface area contributed by atoms with E-state index in [1.165, 1.54) is 25.0 Å². The van der Waals surface area contributed by atoms with E-state index >= 15 is 0 Å². The molecule has 1 saturated carbocycles. The monoisotopic (exact) mass is 340 g/mol. The minimum absolute atomic E-state index is 0.220. The van der Waals surface area contributed by atoms with E-state index in [9.17, 15) is 9.59 Å². The van der Waals surface area contributed by atoms with Gasteiger partial charge in [-0.25, -0.2) is 9.59 Å². The molecule has 1 aliphatic carbocycles. The van der Waals surface area contributed by atoms with Crippen LogP contribution in [0.15, 0.2) is 48.5 Å². The van der Waals surface area contributed by atoms with Crippen LogP contribution in [0.5, 0.6) is 5.75 Å². The van der Waals surface area contributed by atoms with E-state index in [2.05, 4.69) is 10.6 Å². The predicted octanol–water partition coefficient (Wildman–Crippen LogP) is 3.50. The van der Waals surface area contributed by atoms with Crippen molar-refractivity contribution in [3.8, 4) is 5.75 Å². The third kappa shape index (κ3) is 5.24. The Labute approximate surface area is 145 Å². The molecule has 6 heteroatoms. The van der Waals surface area contributed by atoms with Crippen LogP contribution in [0.1, 0.15) is 28.8 Å². The average Bonchev–Trinajstić information content (AvgIpc) is 3.44. The Morgan fingerprint density at radius 1 is 1.04 bits per heavy atom. The van der Waals surface area contributed by atoms with E-state index in [1.54, 1.807) is 24.3 Å². The van der Waals surface area contributed by atoms with E-state index in [1.807, 2.05) is 12.1 Å². The Morgan fingerprint density at radius 3 is 2.32 bits per heavy atom. The number of hydrogen-bond donors (Lipinski definition) is 3. The van der Waals surface area contributed by atoms with E-state index in [0.29, 0.717) is 18.2 Å². The first-order chi connectivity index (χ1) is 12.1. The van der Waals surface area contributed by atoms with Gasteiger partial charge in [-0.1, -0.05) is 12.1 Å². The van der Waals surface area contributed by atoms with Crippen molar-refractivity contribution in [1.82, 2.24) is 5.32 Å². The van der Waals surface area contributed by atoms with Gasteiger partial charge in [-0.15, -0.1) is 0 Å². The number of amides is 2. The van der Waals surface area contributed by atoms with Crippen molar-refractivity contribution in [2.24, 2.45) is 5.92 Å². The number of carbonyl (C=O) groups is 2. The summed E-state index contributed by atoms with van der Waals surface area (Å²) in [6, 6.07) is 13.3. The molecular weight excluding hydrogens is 320 g/mol.